The maximum Gasteiger partial charge on any atom is 0.307 e. The smallest absolute Gasteiger partial charge is 0.307 e. The molecule has 31 heavy (non-hydrogen) atoms. The van der Waals surface area contributed by atoms with Gasteiger partial charge in [-0.15, -0.1) is 0 Å². The molecule has 0 radical (unpaired) electrons. The van der Waals surface area contributed by atoms with Crippen LogP contribution in [-0.4, -0.2) is 29.1 Å². The molecule has 2 aromatic carbocycles. The van der Waals surface area contributed by atoms with Crippen molar-refractivity contribution in [2.24, 2.45) is 0 Å². The van der Waals surface area contributed by atoms with Crippen molar-refractivity contribution in [2.45, 2.75) is 31.7 Å². The highest BCUT2D eigenvalue weighted by Gasteiger charge is 2.19. The summed E-state index contributed by atoms with van der Waals surface area (Å²) in [7, 11) is 1.31. The number of aryl methyl sites for hydroxylation is 1. The second-order valence-corrected chi connectivity index (χ2v) is 7.74. The average Bonchev–Trinajstić information content (AvgIpc) is 3.22. The summed E-state index contributed by atoms with van der Waals surface area (Å²) in [4.78, 5) is 28.5. The molecule has 3 rings (SSSR count). The number of aromatic nitrogens is 2. The van der Waals surface area contributed by atoms with E-state index in [1.807, 2.05) is 24.3 Å². The van der Waals surface area contributed by atoms with Crippen molar-refractivity contribution in [1.82, 2.24) is 15.5 Å². The van der Waals surface area contributed by atoms with Crippen LogP contribution in [0.5, 0.6) is 0 Å². The van der Waals surface area contributed by atoms with Crippen LogP contribution in [0.1, 0.15) is 36.8 Å². The number of amides is 1. The number of hydrogen-bond acceptors (Lipinski definition) is 6. The van der Waals surface area contributed by atoms with Gasteiger partial charge in [0.05, 0.1) is 19.6 Å². The van der Waals surface area contributed by atoms with Gasteiger partial charge in [-0.1, -0.05) is 33.2 Å². The van der Waals surface area contributed by atoms with Gasteiger partial charge in [0.25, 0.3) is 0 Å². The molecule has 1 amide bonds. The van der Waals surface area contributed by atoms with Gasteiger partial charge in [0.15, 0.2) is 0 Å². The maximum absolute atomic E-state index is 13.0. The van der Waals surface area contributed by atoms with E-state index in [9.17, 15) is 14.0 Å². The lowest BCUT2D eigenvalue weighted by molar-refractivity contribution is -0.141. The van der Waals surface area contributed by atoms with Crippen LogP contribution in [-0.2, 0) is 20.7 Å². The molecule has 0 spiro atoms. The average molecular weight is 490 g/mol. The highest BCUT2D eigenvalue weighted by molar-refractivity contribution is 9.10. The van der Waals surface area contributed by atoms with Crippen LogP contribution in [0.2, 0.25) is 0 Å². The minimum Gasteiger partial charge on any atom is -0.469 e. The van der Waals surface area contributed by atoms with Crippen molar-refractivity contribution in [3.63, 3.8) is 0 Å². The summed E-state index contributed by atoms with van der Waals surface area (Å²) in [5, 5.41) is 6.77. The standard InChI is InChI=1S/C22H21BrFN3O4/c1-30-21(29)13-18(15-4-2-5-16(23)12-15)25-19(28)6-3-7-20-26-22(27-31-20)14-8-10-17(24)11-9-14/h2,4-5,8-12,18H,3,6-7,13H2,1H3,(H,25,28). The topological polar surface area (TPSA) is 94.3 Å². The number of esters is 1. The fraction of sp³-hybridized carbons (Fsp3) is 0.273. The molecule has 0 saturated heterocycles. The van der Waals surface area contributed by atoms with Gasteiger partial charge < -0.3 is 14.6 Å². The molecule has 9 heteroatoms. The van der Waals surface area contributed by atoms with Gasteiger partial charge >= 0.3 is 5.97 Å². The molecule has 0 aliphatic carbocycles. The van der Waals surface area contributed by atoms with Crippen LogP contribution in [0, 0.1) is 5.82 Å². The first-order valence-corrected chi connectivity index (χ1v) is 10.4. The molecule has 7 nitrogen and oxygen atoms in total. The molecule has 1 unspecified atom stereocenters. The third kappa shape index (κ3) is 6.71. The normalized spacial score (nSPS) is 11.7. The third-order valence-electron chi connectivity index (χ3n) is 4.55. The van der Waals surface area contributed by atoms with E-state index < -0.39 is 12.0 Å². The highest BCUT2D eigenvalue weighted by Crippen LogP contribution is 2.22. The fourth-order valence-corrected chi connectivity index (χ4v) is 3.38. The van der Waals surface area contributed by atoms with Crippen molar-refractivity contribution in [3.8, 4) is 11.4 Å². The third-order valence-corrected chi connectivity index (χ3v) is 5.04. The lowest BCUT2D eigenvalue weighted by Gasteiger charge is -2.18. The first-order valence-electron chi connectivity index (χ1n) is 9.65. The Morgan fingerprint density at radius 1 is 1.23 bits per heavy atom. The van der Waals surface area contributed by atoms with E-state index >= 15 is 0 Å². The van der Waals surface area contributed by atoms with Gasteiger partial charge in [-0.3, -0.25) is 9.59 Å². The van der Waals surface area contributed by atoms with Crippen LogP contribution in [0.4, 0.5) is 4.39 Å². The van der Waals surface area contributed by atoms with Crippen LogP contribution < -0.4 is 5.32 Å². The quantitative estimate of drug-likeness (QED) is 0.448. The molecule has 0 saturated carbocycles. The van der Waals surface area contributed by atoms with Crippen molar-refractivity contribution in [3.05, 3.63) is 70.3 Å². The van der Waals surface area contributed by atoms with E-state index in [1.165, 1.54) is 19.2 Å². The van der Waals surface area contributed by atoms with Gasteiger partial charge in [0.2, 0.25) is 17.6 Å². The number of halogens is 2. The maximum atomic E-state index is 13.0. The predicted octanol–water partition coefficient (Wildman–Crippen LogP) is 4.38. The van der Waals surface area contributed by atoms with Crippen molar-refractivity contribution in [2.75, 3.05) is 7.11 Å². The van der Waals surface area contributed by atoms with Crippen LogP contribution >= 0.6 is 15.9 Å². The zero-order valence-corrected chi connectivity index (χ0v) is 18.4. The lowest BCUT2D eigenvalue weighted by atomic mass is 10.0. The minimum absolute atomic E-state index is 0.0311. The fourth-order valence-electron chi connectivity index (χ4n) is 2.96. The second kappa shape index (κ2) is 10.8. The van der Waals surface area contributed by atoms with Crippen molar-refractivity contribution < 1.29 is 23.2 Å². The molecule has 0 bridgehead atoms. The Morgan fingerprint density at radius 2 is 2.00 bits per heavy atom. The number of methoxy groups -OCH3 is 1. The molecule has 0 aliphatic rings. The number of rotatable bonds is 9. The van der Waals surface area contributed by atoms with E-state index in [0.29, 0.717) is 30.1 Å². The first-order chi connectivity index (χ1) is 14.9. The molecule has 1 atom stereocenters. The Labute approximate surface area is 187 Å². The number of carbonyl (C=O) groups excluding carboxylic acids is 2. The second-order valence-electron chi connectivity index (χ2n) is 6.83. The Bertz CT molecular complexity index is 1040. The molecule has 0 aliphatic heterocycles. The summed E-state index contributed by atoms with van der Waals surface area (Å²) >= 11 is 3.40. The molecular formula is C22H21BrFN3O4. The summed E-state index contributed by atoms with van der Waals surface area (Å²) in [5.74, 6) is -0.194. The Balaban J connectivity index is 1.54. The lowest BCUT2D eigenvalue weighted by Crippen LogP contribution is -2.30. The van der Waals surface area contributed by atoms with Crippen molar-refractivity contribution >= 4 is 27.8 Å². The number of nitrogens with zero attached hydrogens (tertiary/aromatic N) is 2. The molecule has 1 heterocycles. The number of benzene rings is 2. The molecule has 3 aromatic rings. The van der Waals surface area contributed by atoms with E-state index in [2.05, 4.69) is 31.4 Å². The van der Waals surface area contributed by atoms with Crippen molar-refractivity contribution in [1.29, 1.82) is 0 Å². The summed E-state index contributed by atoms with van der Waals surface area (Å²) in [6, 6.07) is 12.7. The Morgan fingerprint density at radius 3 is 2.71 bits per heavy atom. The Kier molecular flexibility index (Phi) is 7.88. The van der Waals surface area contributed by atoms with Gasteiger partial charge in [0, 0.05) is 22.9 Å². The molecule has 1 N–H and O–H groups in total. The zero-order chi connectivity index (χ0) is 22.2. The molecular weight excluding hydrogens is 469 g/mol. The number of carbonyl (C=O) groups is 2. The largest absolute Gasteiger partial charge is 0.469 e. The monoisotopic (exact) mass is 489 g/mol. The van der Waals surface area contributed by atoms with E-state index in [1.54, 1.807) is 12.1 Å². The molecule has 1 aromatic heterocycles. The predicted molar refractivity (Wildman–Crippen MR) is 114 cm³/mol. The van der Waals surface area contributed by atoms with Crippen LogP contribution in [0.25, 0.3) is 11.4 Å². The van der Waals surface area contributed by atoms with Crippen LogP contribution in [0.3, 0.4) is 0 Å². The minimum atomic E-state index is -0.495. The zero-order valence-electron chi connectivity index (χ0n) is 16.8. The molecule has 162 valence electrons. The first kappa shape index (κ1) is 22.6. The summed E-state index contributed by atoms with van der Waals surface area (Å²) in [6.45, 7) is 0. The number of ether oxygens (including phenoxy) is 1. The number of hydrogen-bond donors (Lipinski definition) is 1. The summed E-state index contributed by atoms with van der Waals surface area (Å²) in [5.41, 5.74) is 1.45. The highest BCUT2D eigenvalue weighted by atomic mass is 79.9. The van der Waals surface area contributed by atoms with Gasteiger partial charge in [-0.2, -0.15) is 4.98 Å². The van der Waals surface area contributed by atoms with Crippen LogP contribution in [0.15, 0.2) is 57.5 Å². The Hall–Kier alpha value is -3.07. The van der Waals surface area contributed by atoms with E-state index in [-0.39, 0.29) is 24.6 Å². The van der Waals surface area contributed by atoms with Gasteiger partial charge in [0.1, 0.15) is 5.82 Å². The SMILES string of the molecule is COC(=O)CC(NC(=O)CCCc1nc(-c2ccc(F)cc2)no1)c1cccc(Br)c1. The number of nitrogens with one attached hydrogen (secondary N) is 1. The summed E-state index contributed by atoms with van der Waals surface area (Å²) in [6.07, 6.45) is 1.16. The van der Waals surface area contributed by atoms with E-state index in [4.69, 9.17) is 9.26 Å². The van der Waals surface area contributed by atoms with E-state index in [0.717, 1.165) is 10.0 Å². The summed E-state index contributed by atoms with van der Waals surface area (Å²) < 4.78 is 23.8. The van der Waals surface area contributed by atoms with Gasteiger partial charge in [-0.25, -0.2) is 4.39 Å². The van der Waals surface area contributed by atoms with Gasteiger partial charge in [-0.05, 0) is 48.4 Å². The molecule has 0 fully saturated rings.